The third kappa shape index (κ3) is 14.3. The first-order chi connectivity index (χ1) is 7.95. The van der Waals surface area contributed by atoms with Gasteiger partial charge in [0.25, 0.3) is 0 Å². The lowest BCUT2D eigenvalue weighted by atomic mass is 10.1. The van der Waals surface area contributed by atoms with Crippen LogP contribution in [0.25, 0.3) is 0 Å². The minimum atomic E-state index is -0.565. The summed E-state index contributed by atoms with van der Waals surface area (Å²) in [5.41, 5.74) is -0.565. The van der Waals surface area contributed by atoms with Crippen LogP contribution in [-0.4, -0.2) is 41.1 Å². The molecule has 0 heterocycles. The predicted octanol–water partition coefficient (Wildman–Crippen LogP) is 3.81. The van der Waals surface area contributed by atoms with Gasteiger partial charge < -0.3 is 10.0 Å². The van der Waals surface area contributed by atoms with E-state index < -0.39 is 5.60 Å². The highest BCUT2D eigenvalue weighted by Gasteiger charge is 2.14. The molecule has 0 fully saturated rings. The Morgan fingerprint density at radius 2 is 1.41 bits per heavy atom. The van der Waals surface area contributed by atoms with Gasteiger partial charge in [0.2, 0.25) is 0 Å². The van der Waals surface area contributed by atoms with Crippen molar-refractivity contribution in [3.63, 3.8) is 0 Å². The third-order valence-corrected chi connectivity index (χ3v) is 3.39. The zero-order valence-electron chi connectivity index (χ0n) is 11.8. The van der Waals surface area contributed by atoms with E-state index in [1.54, 1.807) is 0 Å². The van der Waals surface area contributed by atoms with Gasteiger partial charge in [-0.1, -0.05) is 48.0 Å². The number of nitrogens with zero attached hydrogens (tertiary/aromatic N) is 1. The van der Waals surface area contributed by atoms with E-state index in [9.17, 15) is 5.11 Å². The summed E-state index contributed by atoms with van der Waals surface area (Å²) < 4.78 is 0. The molecule has 0 atom stereocenters. The molecule has 17 heavy (non-hydrogen) atoms. The van der Waals surface area contributed by atoms with Crippen LogP contribution in [0.1, 0.15) is 58.8 Å². The van der Waals surface area contributed by atoms with E-state index in [0.717, 1.165) is 18.4 Å². The second-order valence-corrected chi connectivity index (χ2v) is 6.51. The van der Waals surface area contributed by atoms with Crippen molar-refractivity contribution in [1.82, 2.24) is 4.90 Å². The lowest BCUT2D eigenvalue weighted by molar-refractivity contribution is 0.0442. The predicted molar refractivity (Wildman–Crippen MR) is 79.9 cm³/mol. The van der Waals surface area contributed by atoms with Crippen molar-refractivity contribution in [3.8, 4) is 0 Å². The normalized spacial score (nSPS) is 12.4. The molecule has 0 spiro atoms. The highest BCUT2D eigenvalue weighted by Crippen LogP contribution is 2.09. The summed E-state index contributed by atoms with van der Waals surface area (Å²) in [6.07, 6.45) is 9.37. The summed E-state index contributed by atoms with van der Waals surface area (Å²) >= 11 is 3.46. The lowest BCUT2D eigenvalue weighted by Gasteiger charge is -2.25. The molecule has 0 saturated heterocycles. The van der Waals surface area contributed by atoms with Crippen LogP contribution in [0.4, 0.5) is 0 Å². The Morgan fingerprint density at radius 3 is 1.88 bits per heavy atom. The molecule has 0 saturated carbocycles. The topological polar surface area (TPSA) is 23.5 Å². The SMILES string of the molecule is CN(CCCCCCCCCBr)CC(C)(C)O. The van der Waals surface area contributed by atoms with Gasteiger partial charge in [-0.25, -0.2) is 0 Å². The molecule has 1 N–H and O–H groups in total. The number of unbranched alkanes of at least 4 members (excludes halogenated alkanes) is 6. The molecule has 0 aromatic rings. The fraction of sp³-hybridized carbons (Fsp3) is 1.00. The number of halogens is 1. The summed E-state index contributed by atoms with van der Waals surface area (Å²) in [7, 11) is 2.09. The first-order valence-corrected chi connectivity index (χ1v) is 8.05. The Balaban J connectivity index is 3.22. The number of hydrogen-bond donors (Lipinski definition) is 1. The Morgan fingerprint density at radius 1 is 0.941 bits per heavy atom. The van der Waals surface area contributed by atoms with Crippen LogP contribution in [0.3, 0.4) is 0 Å². The highest BCUT2D eigenvalue weighted by molar-refractivity contribution is 9.09. The van der Waals surface area contributed by atoms with Crippen molar-refractivity contribution in [1.29, 1.82) is 0 Å². The molecule has 104 valence electrons. The monoisotopic (exact) mass is 307 g/mol. The van der Waals surface area contributed by atoms with Crippen molar-refractivity contribution >= 4 is 15.9 Å². The van der Waals surface area contributed by atoms with Crippen LogP contribution in [0.2, 0.25) is 0 Å². The minimum Gasteiger partial charge on any atom is -0.389 e. The van der Waals surface area contributed by atoms with Crippen molar-refractivity contribution in [2.45, 2.75) is 64.4 Å². The van der Waals surface area contributed by atoms with Gasteiger partial charge in [0.05, 0.1) is 5.60 Å². The molecule has 2 nitrogen and oxygen atoms in total. The second kappa shape index (κ2) is 10.3. The summed E-state index contributed by atoms with van der Waals surface area (Å²) in [5.74, 6) is 0. The highest BCUT2D eigenvalue weighted by atomic mass is 79.9. The van der Waals surface area contributed by atoms with Gasteiger partial charge in [0.15, 0.2) is 0 Å². The minimum absolute atomic E-state index is 0.565. The summed E-state index contributed by atoms with van der Waals surface area (Å²) in [6, 6.07) is 0. The maximum atomic E-state index is 9.67. The Bertz CT molecular complexity index is 168. The van der Waals surface area contributed by atoms with Gasteiger partial charge in [-0.3, -0.25) is 0 Å². The van der Waals surface area contributed by atoms with Crippen LogP contribution >= 0.6 is 15.9 Å². The summed E-state index contributed by atoms with van der Waals surface area (Å²) in [6.45, 7) is 5.60. The molecule has 3 heteroatoms. The first kappa shape index (κ1) is 17.4. The molecule has 0 aliphatic heterocycles. The van der Waals surface area contributed by atoms with Gasteiger partial charge >= 0.3 is 0 Å². The van der Waals surface area contributed by atoms with Gasteiger partial charge in [-0.2, -0.15) is 0 Å². The van der Waals surface area contributed by atoms with Crippen molar-refractivity contribution in [2.24, 2.45) is 0 Å². The van der Waals surface area contributed by atoms with Gasteiger partial charge in [-0.15, -0.1) is 0 Å². The number of likely N-dealkylation sites (N-methyl/N-ethyl adjacent to an activating group) is 1. The molecule has 0 bridgehead atoms. The van der Waals surface area contributed by atoms with Crippen LogP contribution in [0.5, 0.6) is 0 Å². The van der Waals surface area contributed by atoms with E-state index in [1.807, 2.05) is 13.8 Å². The molecule has 0 radical (unpaired) electrons. The Kier molecular flexibility index (Phi) is 10.6. The van der Waals surface area contributed by atoms with Crippen LogP contribution in [-0.2, 0) is 0 Å². The van der Waals surface area contributed by atoms with Crippen molar-refractivity contribution in [3.05, 3.63) is 0 Å². The number of rotatable bonds is 11. The molecule has 0 unspecified atom stereocenters. The molecule has 0 rings (SSSR count). The third-order valence-electron chi connectivity index (χ3n) is 2.83. The molecule has 0 aromatic heterocycles. The Labute approximate surface area is 116 Å². The van der Waals surface area contributed by atoms with Crippen LogP contribution < -0.4 is 0 Å². The van der Waals surface area contributed by atoms with E-state index in [-0.39, 0.29) is 0 Å². The quantitative estimate of drug-likeness (QED) is 0.463. The van der Waals surface area contributed by atoms with Crippen molar-refractivity contribution < 1.29 is 5.11 Å². The molecule has 0 aliphatic rings. The van der Waals surface area contributed by atoms with Crippen molar-refractivity contribution in [2.75, 3.05) is 25.5 Å². The number of alkyl halides is 1. The standard InChI is InChI=1S/C14H30BrNO/c1-14(2,17)13-16(3)12-10-8-6-4-5-7-9-11-15/h17H,4-13H2,1-3H3. The second-order valence-electron chi connectivity index (χ2n) is 5.71. The average Bonchev–Trinajstić information content (AvgIpc) is 2.19. The molecular formula is C14H30BrNO. The van der Waals surface area contributed by atoms with Gasteiger partial charge in [0, 0.05) is 11.9 Å². The molecule has 0 aliphatic carbocycles. The lowest BCUT2D eigenvalue weighted by Crippen LogP contribution is -2.36. The van der Waals surface area contributed by atoms with E-state index in [2.05, 4.69) is 27.9 Å². The molecular weight excluding hydrogens is 278 g/mol. The fourth-order valence-electron chi connectivity index (χ4n) is 2.10. The smallest absolute Gasteiger partial charge is 0.0718 e. The van der Waals surface area contributed by atoms with Crippen LogP contribution in [0.15, 0.2) is 0 Å². The Hall–Kier alpha value is 0.400. The molecule has 0 amide bonds. The van der Waals surface area contributed by atoms with E-state index in [4.69, 9.17) is 0 Å². The molecule has 0 aromatic carbocycles. The van der Waals surface area contributed by atoms with Crippen LogP contribution in [0, 0.1) is 0 Å². The summed E-state index contributed by atoms with van der Waals surface area (Å²) in [4.78, 5) is 2.23. The zero-order chi connectivity index (χ0) is 13.1. The van der Waals surface area contributed by atoms with E-state index in [1.165, 1.54) is 44.9 Å². The average molecular weight is 308 g/mol. The maximum Gasteiger partial charge on any atom is 0.0718 e. The van der Waals surface area contributed by atoms with E-state index in [0.29, 0.717) is 0 Å². The largest absolute Gasteiger partial charge is 0.389 e. The summed E-state index contributed by atoms with van der Waals surface area (Å²) in [5, 5.41) is 10.8. The zero-order valence-corrected chi connectivity index (χ0v) is 13.4. The fourth-order valence-corrected chi connectivity index (χ4v) is 2.50. The number of hydrogen-bond acceptors (Lipinski definition) is 2. The maximum absolute atomic E-state index is 9.67. The first-order valence-electron chi connectivity index (χ1n) is 6.92. The van der Waals surface area contributed by atoms with E-state index >= 15 is 0 Å². The van der Waals surface area contributed by atoms with Gasteiger partial charge in [-0.05, 0) is 40.3 Å². The van der Waals surface area contributed by atoms with Gasteiger partial charge in [0.1, 0.15) is 0 Å². The number of aliphatic hydroxyl groups is 1.